The van der Waals surface area contributed by atoms with Crippen LogP contribution in [0.15, 0.2) is 6.07 Å². The Balaban J connectivity index is 2.49. The first-order chi connectivity index (χ1) is 7.49. The molecule has 3 heteroatoms. The van der Waals surface area contributed by atoms with E-state index in [4.69, 9.17) is 0 Å². The highest BCUT2D eigenvalue weighted by Crippen LogP contribution is 2.11. The summed E-state index contributed by atoms with van der Waals surface area (Å²) < 4.78 is 2.09. The average Bonchev–Trinajstić information content (AvgIpc) is 2.45. The predicted octanol–water partition coefficient (Wildman–Crippen LogP) is 3.31. The van der Waals surface area contributed by atoms with Crippen molar-refractivity contribution in [2.45, 2.75) is 47.6 Å². The monoisotopic (exact) mass is 223 g/mol. The fourth-order valence-corrected chi connectivity index (χ4v) is 1.62. The Kier molecular flexibility index (Phi) is 4.84. The van der Waals surface area contributed by atoms with Crippen molar-refractivity contribution in [2.24, 2.45) is 11.8 Å². The second-order valence-electron chi connectivity index (χ2n) is 5.36. The van der Waals surface area contributed by atoms with Crippen LogP contribution >= 0.6 is 0 Å². The highest BCUT2D eigenvalue weighted by molar-refractivity contribution is 5.35. The molecule has 0 atom stereocenters. The first kappa shape index (κ1) is 13.1. The lowest BCUT2D eigenvalue weighted by molar-refractivity contribution is 0.475. The molecular weight excluding hydrogens is 198 g/mol. The Morgan fingerprint density at radius 2 is 1.94 bits per heavy atom. The molecule has 0 fully saturated rings. The lowest BCUT2D eigenvalue weighted by atomic mass is 10.1. The van der Waals surface area contributed by atoms with E-state index < -0.39 is 0 Å². The van der Waals surface area contributed by atoms with Crippen molar-refractivity contribution in [1.29, 1.82) is 0 Å². The number of hydrogen-bond donors (Lipinski definition) is 1. The molecule has 0 aliphatic carbocycles. The number of aryl methyl sites for hydroxylation is 1. The molecular formula is C13H25N3. The highest BCUT2D eigenvalue weighted by Gasteiger charge is 2.05. The van der Waals surface area contributed by atoms with E-state index in [1.165, 1.54) is 12.1 Å². The third-order valence-corrected chi connectivity index (χ3v) is 2.55. The highest BCUT2D eigenvalue weighted by atomic mass is 15.3. The molecule has 1 N–H and O–H groups in total. The fourth-order valence-electron chi connectivity index (χ4n) is 1.62. The molecule has 3 nitrogen and oxygen atoms in total. The molecule has 0 aliphatic rings. The Morgan fingerprint density at radius 1 is 1.25 bits per heavy atom. The quantitative estimate of drug-likeness (QED) is 0.802. The van der Waals surface area contributed by atoms with Crippen molar-refractivity contribution in [3.8, 4) is 0 Å². The minimum atomic E-state index is 0.641. The minimum absolute atomic E-state index is 0.641. The largest absolute Gasteiger partial charge is 0.369 e. The molecule has 0 spiro atoms. The summed E-state index contributed by atoms with van der Waals surface area (Å²) in [7, 11) is 0. The van der Waals surface area contributed by atoms with Gasteiger partial charge in [0, 0.05) is 24.8 Å². The number of nitrogens with zero attached hydrogens (tertiary/aromatic N) is 2. The molecule has 1 aromatic heterocycles. The molecule has 92 valence electrons. The third kappa shape index (κ3) is 4.25. The van der Waals surface area contributed by atoms with Gasteiger partial charge in [-0.2, -0.15) is 5.10 Å². The molecule has 0 saturated heterocycles. The average molecular weight is 223 g/mol. The van der Waals surface area contributed by atoms with E-state index in [9.17, 15) is 0 Å². The third-order valence-electron chi connectivity index (χ3n) is 2.55. The number of hydrogen-bond acceptors (Lipinski definition) is 2. The van der Waals surface area contributed by atoms with Crippen LogP contribution in [-0.4, -0.2) is 16.3 Å². The zero-order valence-electron chi connectivity index (χ0n) is 11.2. The van der Waals surface area contributed by atoms with Crippen molar-refractivity contribution in [1.82, 2.24) is 9.78 Å². The SMILES string of the molecule is Cc1cc(NCCC(C)C)nn1CC(C)C. The van der Waals surface area contributed by atoms with Gasteiger partial charge in [0.2, 0.25) is 0 Å². The standard InChI is InChI=1S/C13H25N3/c1-10(2)6-7-14-13-8-12(5)16(15-13)9-11(3)4/h8,10-11H,6-7,9H2,1-5H3,(H,14,15). The zero-order valence-corrected chi connectivity index (χ0v) is 11.2. The van der Waals surface area contributed by atoms with Crippen LogP contribution in [0.1, 0.15) is 39.8 Å². The summed E-state index contributed by atoms with van der Waals surface area (Å²) in [5.74, 6) is 2.40. The van der Waals surface area contributed by atoms with Gasteiger partial charge in [0.05, 0.1) is 0 Å². The molecule has 0 radical (unpaired) electrons. The summed E-state index contributed by atoms with van der Waals surface area (Å²) >= 11 is 0. The first-order valence-electron chi connectivity index (χ1n) is 6.27. The second kappa shape index (κ2) is 5.92. The molecule has 0 amide bonds. The van der Waals surface area contributed by atoms with Gasteiger partial charge in [-0.15, -0.1) is 0 Å². The van der Waals surface area contributed by atoms with E-state index in [1.807, 2.05) is 0 Å². The van der Waals surface area contributed by atoms with Crippen LogP contribution in [0.3, 0.4) is 0 Å². The molecule has 0 bridgehead atoms. The summed E-state index contributed by atoms with van der Waals surface area (Å²) in [5.41, 5.74) is 1.24. The van der Waals surface area contributed by atoms with Crippen LogP contribution in [0.2, 0.25) is 0 Å². The lowest BCUT2D eigenvalue weighted by Gasteiger charge is -2.07. The van der Waals surface area contributed by atoms with E-state index in [0.717, 1.165) is 24.8 Å². The molecule has 0 aromatic carbocycles. The number of anilines is 1. The zero-order chi connectivity index (χ0) is 12.1. The van der Waals surface area contributed by atoms with E-state index in [2.05, 4.69) is 55.8 Å². The fraction of sp³-hybridized carbons (Fsp3) is 0.769. The lowest BCUT2D eigenvalue weighted by Crippen LogP contribution is -2.09. The maximum Gasteiger partial charge on any atom is 0.148 e. The van der Waals surface area contributed by atoms with Gasteiger partial charge < -0.3 is 5.32 Å². The second-order valence-corrected chi connectivity index (χ2v) is 5.36. The van der Waals surface area contributed by atoms with Crippen LogP contribution in [0.5, 0.6) is 0 Å². The van der Waals surface area contributed by atoms with E-state index in [0.29, 0.717) is 5.92 Å². The molecule has 1 heterocycles. The topological polar surface area (TPSA) is 29.9 Å². The van der Waals surface area contributed by atoms with Crippen molar-refractivity contribution in [2.75, 3.05) is 11.9 Å². The van der Waals surface area contributed by atoms with Gasteiger partial charge in [-0.25, -0.2) is 0 Å². The van der Waals surface area contributed by atoms with Crippen LogP contribution < -0.4 is 5.32 Å². The minimum Gasteiger partial charge on any atom is -0.369 e. The van der Waals surface area contributed by atoms with Crippen molar-refractivity contribution < 1.29 is 0 Å². The normalized spacial score (nSPS) is 11.4. The number of aromatic nitrogens is 2. The number of nitrogens with one attached hydrogen (secondary N) is 1. The van der Waals surface area contributed by atoms with E-state index >= 15 is 0 Å². The summed E-state index contributed by atoms with van der Waals surface area (Å²) in [6.07, 6.45) is 1.19. The molecule has 0 aliphatic heterocycles. The molecule has 1 aromatic rings. The predicted molar refractivity (Wildman–Crippen MR) is 69.7 cm³/mol. The Labute approximate surface area is 99.2 Å². The molecule has 1 rings (SSSR count). The smallest absolute Gasteiger partial charge is 0.148 e. The van der Waals surface area contributed by atoms with Crippen molar-refractivity contribution in [3.63, 3.8) is 0 Å². The van der Waals surface area contributed by atoms with Crippen molar-refractivity contribution >= 4 is 5.82 Å². The van der Waals surface area contributed by atoms with Gasteiger partial charge >= 0.3 is 0 Å². The molecule has 16 heavy (non-hydrogen) atoms. The van der Waals surface area contributed by atoms with Crippen LogP contribution in [0, 0.1) is 18.8 Å². The summed E-state index contributed by atoms with van der Waals surface area (Å²) in [6.45, 7) is 13.0. The van der Waals surface area contributed by atoms with Crippen LogP contribution in [0.25, 0.3) is 0 Å². The van der Waals surface area contributed by atoms with E-state index in [1.54, 1.807) is 0 Å². The maximum atomic E-state index is 4.55. The van der Waals surface area contributed by atoms with Crippen LogP contribution in [0.4, 0.5) is 5.82 Å². The van der Waals surface area contributed by atoms with Gasteiger partial charge in [-0.1, -0.05) is 27.7 Å². The Bertz CT molecular complexity index is 313. The van der Waals surface area contributed by atoms with Gasteiger partial charge in [0.1, 0.15) is 5.82 Å². The summed E-state index contributed by atoms with van der Waals surface area (Å²) in [4.78, 5) is 0. The van der Waals surface area contributed by atoms with Gasteiger partial charge in [0.15, 0.2) is 0 Å². The summed E-state index contributed by atoms with van der Waals surface area (Å²) in [5, 5.41) is 7.93. The van der Waals surface area contributed by atoms with Gasteiger partial charge in [-0.05, 0) is 25.2 Å². The van der Waals surface area contributed by atoms with Crippen molar-refractivity contribution in [3.05, 3.63) is 11.8 Å². The molecule has 0 saturated carbocycles. The maximum absolute atomic E-state index is 4.55. The Hall–Kier alpha value is -0.990. The Morgan fingerprint density at radius 3 is 2.50 bits per heavy atom. The number of rotatable bonds is 6. The first-order valence-corrected chi connectivity index (χ1v) is 6.27. The summed E-state index contributed by atoms with van der Waals surface area (Å²) in [6, 6.07) is 2.13. The van der Waals surface area contributed by atoms with E-state index in [-0.39, 0.29) is 0 Å². The molecule has 0 unspecified atom stereocenters. The van der Waals surface area contributed by atoms with Gasteiger partial charge in [-0.3, -0.25) is 4.68 Å². The van der Waals surface area contributed by atoms with Crippen LogP contribution in [-0.2, 0) is 6.54 Å². The van der Waals surface area contributed by atoms with Gasteiger partial charge in [0.25, 0.3) is 0 Å².